The molecule has 0 radical (unpaired) electrons. The molecular formula is C16H13BrN2O3. The van der Waals surface area contributed by atoms with Crippen molar-refractivity contribution in [1.29, 1.82) is 0 Å². The molecule has 3 rings (SSSR count). The summed E-state index contributed by atoms with van der Waals surface area (Å²) in [6, 6.07) is 9.05. The van der Waals surface area contributed by atoms with Crippen LogP contribution in [0.25, 0.3) is 11.0 Å². The van der Waals surface area contributed by atoms with Gasteiger partial charge in [0.25, 0.3) is 0 Å². The van der Waals surface area contributed by atoms with Gasteiger partial charge in [0.2, 0.25) is 0 Å². The first-order valence-corrected chi connectivity index (χ1v) is 7.40. The van der Waals surface area contributed by atoms with Gasteiger partial charge in [-0.15, -0.1) is 0 Å². The predicted octanol–water partition coefficient (Wildman–Crippen LogP) is 3.69. The van der Waals surface area contributed by atoms with Gasteiger partial charge in [0, 0.05) is 23.3 Å². The van der Waals surface area contributed by atoms with Crippen molar-refractivity contribution in [3.05, 3.63) is 58.3 Å². The molecule has 2 aromatic heterocycles. The number of fused-ring (bicyclic) bond motifs is 1. The van der Waals surface area contributed by atoms with E-state index in [2.05, 4.69) is 25.9 Å². The molecule has 0 amide bonds. The van der Waals surface area contributed by atoms with Gasteiger partial charge in [-0.05, 0) is 34.1 Å². The lowest BCUT2D eigenvalue weighted by atomic mass is 10.2. The lowest BCUT2D eigenvalue weighted by Crippen LogP contribution is -2.07. The number of carbonyl (C=O) groups is 1. The molecule has 0 aliphatic carbocycles. The molecule has 5 nitrogen and oxygen atoms in total. The molecule has 0 saturated carbocycles. The van der Waals surface area contributed by atoms with Crippen LogP contribution in [0.2, 0.25) is 0 Å². The second-order valence-electron chi connectivity index (χ2n) is 4.61. The highest BCUT2D eigenvalue weighted by Gasteiger charge is 2.14. The number of pyridine rings is 1. The van der Waals surface area contributed by atoms with Gasteiger partial charge in [0.1, 0.15) is 18.0 Å². The Labute approximate surface area is 135 Å². The van der Waals surface area contributed by atoms with Crippen LogP contribution in [0.3, 0.4) is 0 Å². The number of carbonyl (C=O) groups excluding carboxylic acids is 1. The second kappa shape index (κ2) is 6.19. The molecule has 0 saturated heterocycles. The van der Waals surface area contributed by atoms with E-state index in [1.807, 2.05) is 18.2 Å². The monoisotopic (exact) mass is 360 g/mol. The standard InChI is InChI=1S/C16H13BrN2O3/c1-21-14-10(3-2-4-13(14)17)9-22-16(20)12-6-8-19-15-11(12)5-7-18-15/h2-8H,9H2,1H3,(H,18,19). The van der Waals surface area contributed by atoms with E-state index in [9.17, 15) is 4.79 Å². The van der Waals surface area contributed by atoms with Gasteiger partial charge in [0.15, 0.2) is 0 Å². The smallest absolute Gasteiger partial charge is 0.339 e. The normalized spacial score (nSPS) is 10.6. The van der Waals surface area contributed by atoms with Crippen LogP contribution in [0.5, 0.6) is 5.75 Å². The fraction of sp³-hybridized carbons (Fsp3) is 0.125. The van der Waals surface area contributed by atoms with Crippen molar-refractivity contribution in [2.24, 2.45) is 0 Å². The first kappa shape index (κ1) is 14.6. The van der Waals surface area contributed by atoms with Crippen molar-refractivity contribution >= 4 is 32.9 Å². The van der Waals surface area contributed by atoms with Crippen LogP contribution in [0.15, 0.2) is 47.2 Å². The number of para-hydroxylation sites is 1. The average molecular weight is 361 g/mol. The SMILES string of the molecule is COc1c(Br)cccc1COC(=O)c1ccnc2[nH]ccc12. The lowest BCUT2D eigenvalue weighted by Gasteiger charge is -2.11. The van der Waals surface area contributed by atoms with E-state index in [4.69, 9.17) is 9.47 Å². The van der Waals surface area contributed by atoms with Crippen LogP contribution in [0, 0.1) is 0 Å². The zero-order valence-corrected chi connectivity index (χ0v) is 13.4. The van der Waals surface area contributed by atoms with Crippen LogP contribution < -0.4 is 4.74 Å². The third-order valence-electron chi connectivity index (χ3n) is 3.29. The average Bonchev–Trinajstić information content (AvgIpc) is 3.01. The molecule has 0 spiro atoms. The van der Waals surface area contributed by atoms with E-state index in [1.54, 1.807) is 31.6 Å². The van der Waals surface area contributed by atoms with Gasteiger partial charge >= 0.3 is 5.97 Å². The number of aromatic amines is 1. The second-order valence-corrected chi connectivity index (χ2v) is 5.46. The van der Waals surface area contributed by atoms with Gasteiger partial charge in [-0.25, -0.2) is 9.78 Å². The van der Waals surface area contributed by atoms with Crippen molar-refractivity contribution in [3.8, 4) is 5.75 Å². The third kappa shape index (κ3) is 2.69. The van der Waals surface area contributed by atoms with Gasteiger partial charge in [-0.2, -0.15) is 0 Å². The number of nitrogens with zero attached hydrogens (tertiary/aromatic N) is 1. The highest BCUT2D eigenvalue weighted by molar-refractivity contribution is 9.10. The minimum atomic E-state index is -0.394. The Balaban J connectivity index is 1.81. The fourth-order valence-corrected chi connectivity index (χ4v) is 2.82. The first-order valence-electron chi connectivity index (χ1n) is 6.61. The molecule has 0 unspecified atom stereocenters. The number of ether oxygens (including phenoxy) is 2. The number of esters is 1. The third-order valence-corrected chi connectivity index (χ3v) is 3.92. The highest BCUT2D eigenvalue weighted by Crippen LogP contribution is 2.29. The van der Waals surface area contributed by atoms with E-state index in [-0.39, 0.29) is 6.61 Å². The number of nitrogens with one attached hydrogen (secondary N) is 1. The Hall–Kier alpha value is -2.34. The maximum absolute atomic E-state index is 12.3. The number of benzene rings is 1. The molecule has 1 N–H and O–H groups in total. The lowest BCUT2D eigenvalue weighted by molar-refractivity contribution is 0.0472. The Morgan fingerprint density at radius 2 is 2.18 bits per heavy atom. The van der Waals surface area contributed by atoms with Crippen molar-refractivity contribution in [1.82, 2.24) is 9.97 Å². The van der Waals surface area contributed by atoms with E-state index in [0.29, 0.717) is 17.0 Å². The topological polar surface area (TPSA) is 64.2 Å². The summed E-state index contributed by atoms with van der Waals surface area (Å²) in [5, 5.41) is 0.744. The van der Waals surface area contributed by atoms with E-state index in [0.717, 1.165) is 15.4 Å². The molecule has 22 heavy (non-hydrogen) atoms. The quantitative estimate of drug-likeness (QED) is 0.720. The van der Waals surface area contributed by atoms with Crippen LogP contribution in [-0.4, -0.2) is 23.0 Å². The summed E-state index contributed by atoms with van der Waals surface area (Å²) in [5.74, 6) is 0.269. The number of H-pyrrole nitrogens is 1. The Kier molecular flexibility index (Phi) is 4.11. The molecule has 0 aliphatic heterocycles. The van der Waals surface area contributed by atoms with Crippen molar-refractivity contribution < 1.29 is 14.3 Å². The number of rotatable bonds is 4. The van der Waals surface area contributed by atoms with Crippen LogP contribution in [0.1, 0.15) is 15.9 Å². The van der Waals surface area contributed by atoms with E-state index < -0.39 is 5.97 Å². The molecule has 6 heteroatoms. The molecule has 2 heterocycles. The number of aromatic nitrogens is 2. The van der Waals surface area contributed by atoms with Crippen LogP contribution in [-0.2, 0) is 11.3 Å². The molecule has 3 aromatic rings. The van der Waals surface area contributed by atoms with E-state index >= 15 is 0 Å². The van der Waals surface area contributed by atoms with Gasteiger partial charge in [-0.3, -0.25) is 0 Å². The molecular weight excluding hydrogens is 348 g/mol. The number of halogens is 1. The zero-order chi connectivity index (χ0) is 15.5. The minimum Gasteiger partial charge on any atom is -0.495 e. The predicted molar refractivity (Wildman–Crippen MR) is 85.9 cm³/mol. The van der Waals surface area contributed by atoms with Crippen molar-refractivity contribution in [2.45, 2.75) is 6.61 Å². The maximum Gasteiger partial charge on any atom is 0.339 e. The zero-order valence-electron chi connectivity index (χ0n) is 11.8. The van der Waals surface area contributed by atoms with Crippen LogP contribution >= 0.6 is 15.9 Å². The molecule has 1 aromatic carbocycles. The molecule has 112 valence electrons. The van der Waals surface area contributed by atoms with Crippen molar-refractivity contribution in [2.75, 3.05) is 7.11 Å². The Bertz CT molecular complexity index is 829. The fourth-order valence-electron chi connectivity index (χ4n) is 2.26. The summed E-state index contributed by atoms with van der Waals surface area (Å²) in [7, 11) is 1.58. The maximum atomic E-state index is 12.3. The number of hydrogen-bond donors (Lipinski definition) is 1. The molecule has 0 fully saturated rings. The van der Waals surface area contributed by atoms with Crippen molar-refractivity contribution in [3.63, 3.8) is 0 Å². The summed E-state index contributed by atoms with van der Waals surface area (Å²) in [6.45, 7) is 0.135. The summed E-state index contributed by atoms with van der Waals surface area (Å²) >= 11 is 3.41. The van der Waals surface area contributed by atoms with Gasteiger partial charge in [0.05, 0.1) is 17.1 Å². The Morgan fingerprint density at radius 1 is 1.32 bits per heavy atom. The molecule has 0 bridgehead atoms. The van der Waals surface area contributed by atoms with E-state index in [1.165, 1.54) is 0 Å². The summed E-state index contributed by atoms with van der Waals surface area (Å²) in [4.78, 5) is 19.4. The summed E-state index contributed by atoms with van der Waals surface area (Å²) in [6.07, 6.45) is 3.32. The Morgan fingerprint density at radius 3 is 3.00 bits per heavy atom. The number of hydrogen-bond acceptors (Lipinski definition) is 4. The highest BCUT2D eigenvalue weighted by atomic mass is 79.9. The number of methoxy groups -OCH3 is 1. The molecule has 0 atom stereocenters. The van der Waals surface area contributed by atoms with Gasteiger partial charge in [-0.1, -0.05) is 12.1 Å². The molecule has 0 aliphatic rings. The van der Waals surface area contributed by atoms with Crippen LogP contribution in [0.4, 0.5) is 0 Å². The summed E-state index contributed by atoms with van der Waals surface area (Å²) in [5.41, 5.74) is 1.94. The first-order chi connectivity index (χ1) is 10.7. The largest absolute Gasteiger partial charge is 0.495 e. The van der Waals surface area contributed by atoms with Gasteiger partial charge < -0.3 is 14.5 Å². The summed E-state index contributed by atoms with van der Waals surface area (Å²) < 4.78 is 11.5. The minimum absolute atomic E-state index is 0.135.